The van der Waals surface area contributed by atoms with E-state index in [0.29, 0.717) is 23.8 Å². The highest BCUT2D eigenvalue weighted by molar-refractivity contribution is 5.79. The fourth-order valence-corrected chi connectivity index (χ4v) is 2.34. The summed E-state index contributed by atoms with van der Waals surface area (Å²) in [7, 11) is 1.45. The molecular weight excluding hydrogens is 359 g/mol. The van der Waals surface area contributed by atoms with Crippen LogP contribution in [0.5, 0.6) is 11.5 Å². The maximum Gasteiger partial charge on any atom is 0.387 e. The summed E-state index contributed by atoms with van der Waals surface area (Å²) < 4.78 is 48.2. The largest absolute Gasteiger partial charge is 0.497 e. The van der Waals surface area contributed by atoms with E-state index in [1.165, 1.54) is 25.3 Å². The molecule has 0 heterocycles. The highest BCUT2D eigenvalue weighted by atomic mass is 19.3. The van der Waals surface area contributed by atoms with Crippen molar-refractivity contribution in [3.8, 4) is 11.5 Å². The van der Waals surface area contributed by atoms with Crippen LogP contribution in [0.25, 0.3) is 0 Å². The molecule has 0 spiro atoms. The molecule has 0 aliphatic rings. The van der Waals surface area contributed by atoms with Gasteiger partial charge in [-0.2, -0.15) is 8.78 Å². The molecule has 0 amide bonds. The Morgan fingerprint density at radius 3 is 2.63 bits per heavy atom. The van der Waals surface area contributed by atoms with E-state index in [9.17, 15) is 13.2 Å². The molecule has 0 atom stereocenters. The third-order valence-corrected chi connectivity index (χ3v) is 3.59. The minimum absolute atomic E-state index is 0.0258. The molecule has 146 valence electrons. The second kappa shape index (κ2) is 10.3. The van der Waals surface area contributed by atoms with E-state index in [4.69, 9.17) is 4.74 Å². The number of guanidine groups is 1. The maximum absolute atomic E-state index is 13.3. The molecule has 0 radical (unpaired) electrons. The summed E-state index contributed by atoms with van der Waals surface area (Å²) in [5, 5.41) is 6.10. The topological polar surface area (TPSA) is 54.9 Å². The number of alkyl halides is 2. The summed E-state index contributed by atoms with van der Waals surface area (Å²) in [4.78, 5) is 4.38. The van der Waals surface area contributed by atoms with E-state index in [1.54, 1.807) is 24.3 Å². The fraction of sp³-hybridized carbons (Fsp3) is 0.316. The molecule has 2 N–H and O–H groups in total. The Morgan fingerprint density at radius 1 is 1.15 bits per heavy atom. The number of methoxy groups -OCH3 is 1. The van der Waals surface area contributed by atoms with E-state index in [-0.39, 0.29) is 24.7 Å². The van der Waals surface area contributed by atoms with Gasteiger partial charge in [0.25, 0.3) is 0 Å². The molecular formula is C19H22F3N3O2. The Morgan fingerprint density at radius 2 is 1.96 bits per heavy atom. The minimum atomic E-state index is -2.94. The van der Waals surface area contributed by atoms with Gasteiger partial charge in [-0.25, -0.2) is 9.38 Å². The van der Waals surface area contributed by atoms with Gasteiger partial charge < -0.3 is 20.1 Å². The molecule has 8 heteroatoms. The predicted octanol–water partition coefficient (Wildman–Crippen LogP) is 3.69. The van der Waals surface area contributed by atoms with Crippen molar-refractivity contribution in [2.75, 3.05) is 13.7 Å². The lowest BCUT2D eigenvalue weighted by molar-refractivity contribution is -0.0505. The average Bonchev–Trinajstić information content (AvgIpc) is 2.64. The van der Waals surface area contributed by atoms with Crippen molar-refractivity contribution in [1.82, 2.24) is 10.6 Å². The highest BCUT2D eigenvalue weighted by Gasteiger charge is 2.12. The van der Waals surface area contributed by atoms with Crippen LogP contribution in [-0.2, 0) is 13.1 Å². The number of hydrogen-bond donors (Lipinski definition) is 2. The van der Waals surface area contributed by atoms with Crippen LogP contribution in [0.15, 0.2) is 47.5 Å². The first-order valence-electron chi connectivity index (χ1n) is 8.40. The molecule has 0 aromatic heterocycles. The van der Waals surface area contributed by atoms with Crippen LogP contribution < -0.4 is 20.1 Å². The standard InChI is InChI=1S/C19H22F3N3O2/c1-3-23-19(24-11-13-5-4-6-15(20)9-13)25-12-14-7-8-16(26-2)10-17(14)27-18(21)22/h4-10,18H,3,11-12H2,1-2H3,(H2,23,24,25). The van der Waals surface area contributed by atoms with Crippen LogP contribution in [0.4, 0.5) is 13.2 Å². The molecule has 2 aromatic rings. The van der Waals surface area contributed by atoms with Gasteiger partial charge in [0.1, 0.15) is 17.3 Å². The molecule has 2 aromatic carbocycles. The third-order valence-electron chi connectivity index (χ3n) is 3.59. The third kappa shape index (κ3) is 6.73. The van der Waals surface area contributed by atoms with Crippen LogP contribution >= 0.6 is 0 Å². The number of nitrogens with zero attached hydrogens (tertiary/aromatic N) is 1. The molecule has 2 rings (SSSR count). The van der Waals surface area contributed by atoms with Crippen LogP contribution in [0.2, 0.25) is 0 Å². The number of ether oxygens (including phenoxy) is 2. The van der Waals surface area contributed by atoms with Crippen LogP contribution in [0.3, 0.4) is 0 Å². The summed E-state index contributed by atoms with van der Waals surface area (Å²) in [5.74, 6) is 0.590. The fourth-order valence-electron chi connectivity index (χ4n) is 2.34. The predicted molar refractivity (Wildman–Crippen MR) is 97.7 cm³/mol. The summed E-state index contributed by atoms with van der Waals surface area (Å²) in [6.45, 7) is 0.0541. The first-order valence-corrected chi connectivity index (χ1v) is 8.40. The van der Waals surface area contributed by atoms with Crippen LogP contribution in [0, 0.1) is 5.82 Å². The van der Waals surface area contributed by atoms with Crippen molar-refractivity contribution < 1.29 is 22.6 Å². The van der Waals surface area contributed by atoms with E-state index in [2.05, 4.69) is 20.4 Å². The second-order valence-corrected chi connectivity index (χ2v) is 5.53. The van der Waals surface area contributed by atoms with Gasteiger partial charge in [0.15, 0.2) is 5.96 Å². The van der Waals surface area contributed by atoms with Gasteiger partial charge in [0, 0.05) is 24.7 Å². The normalized spacial score (nSPS) is 11.4. The van der Waals surface area contributed by atoms with Crippen molar-refractivity contribution in [3.05, 3.63) is 59.4 Å². The summed E-state index contributed by atoms with van der Waals surface area (Å²) in [6, 6.07) is 10.9. The van der Waals surface area contributed by atoms with Crippen LogP contribution in [-0.4, -0.2) is 26.2 Å². The zero-order chi connectivity index (χ0) is 19.6. The maximum atomic E-state index is 13.3. The average molecular weight is 381 g/mol. The van der Waals surface area contributed by atoms with E-state index in [0.717, 1.165) is 5.56 Å². The Kier molecular flexibility index (Phi) is 7.79. The lowest BCUT2D eigenvalue weighted by Gasteiger charge is -2.15. The van der Waals surface area contributed by atoms with Gasteiger partial charge in [-0.05, 0) is 36.8 Å². The summed E-state index contributed by atoms with van der Waals surface area (Å²) in [5.41, 5.74) is 1.24. The summed E-state index contributed by atoms with van der Waals surface area (Å²) >= 11 is 0. The molecule has 0 unspecified atom stereocenters. The van der Waals surface area contributed by atoms with Gasteiger partial charge >= 0.3 is 6.61 Å². The monoisotopic (exact) mass is 381 g/mol. The van der Waals surface area contributed by atoms with Crippen molar-refractivity contribution in [2.24, 2.45) is 4.99 Å². The van der Waals surface area contributed by atoms with Gasteiger partial charge in [0.05, 0.1) is 13.7 Å². The Labute approximate surface area is 156 Å². The van der Waals surface area contributed by atoms with E-state index >= 15 is 0 Å². The van der Waals surface area contributed by atoms with Crippen molar-refractivity contribution in [2.45, 2.75) is 26.6 Å². The lowest BCUT2D eigenvalue weighted by Crippen LogP contribution is -2.36. The number of aliphatic imine (C=N–C) groups is 1. The van der Waals surface area contributed by atoms with Crippen LogP contribution in [0.1, 0.15) is 18.1 Å². The molecule has 27 heavy (non-hydrogen) atoms. The SMILES string of the molecule is CCNC(=NCc1cccc(F)c1)NCc1ccc(OC)cc1OC(F)F. The van der Waals surface area contributed by atoms with Gasteiger partial charge in [-0.3, -0.25) is 0 Å². The quantitative estimate of drug-likeness (QED) is 0.541. The van der Waals surface area contributed by atoms with Crippen molar-refractivity contribution >= 4 is 5.96 Å². The zero-order valence-corrected chi connectivity index (χ0v) is 15.1. The van der Waals surface area contributed by atoms with Crippen molar-refractivity contribution in [3.63, 3.8) is 0 Å². The molecule has 0 saturated carbocycles. The molecule has 0 bridgehead atoms. The molecule has 5 nitrogen and oxygen atoms in total. The molecule has 0 saturated heterocycles. The van der Waals surface area contributed by atoms with Gasteiger partial charge in [-0.15, -0.1) is 0 Å². The first kappa shape index (κ1) is 20.4. The number of rotatable bonds is 8. The molecule has 0 aliphatic heterocycles. The zero-order valence-electron chi connectivity index (χ0n) is 15.1. The second-order valence-electron chi connectivity index (χ2n) is 5.53. The van der Waals surface area contributed by atoms with E-state index in [1.807, 2.05) is 6.92 Å². The van der Waals surface area contributed by atoms with Crippen molar-refractivity contribution in [1.29, 1.82) is 0 Å². The number of benzene rings is 2. The first-order chi connectivity index (χ1) is 13.0. The van der Waals surface area contributed by atoms with Gasteiger partial charge in [-0.1, -0.05) is 12.1 Å². The lowest BCUT2D eigenvalue weighted by atomic mass is 10.2. The Balaban J connectivity index is 2.09. The Hall–Kier alpha value is -2.90. The Bertz CT molecular complexity index is 770. The summed E-state index contributed by atoms with van der Waals surface area (Å²) in [6.07, 6.45) is 0. The molecule has 0 fully saturated rings. The van der Waals surface area contributed by atoms with Gasteiger partial charge in [0.2, 0.25) is 0 Å². The minimum Gasteiger partial charge on any atom is -0.497 e. The number of nitrogens with one attached hydrogen (secondary N) is 2. The molecule has 0 aliphatic carbocycles. The smallest absolute Gasteiger partial charge is 0.387 e. The highest BCUT2D eigenvalue weighted by Crippen LogP contribution is 2.26. The number of hydrogen-bond acceptors (Lipinski definition) is 3. The van der Waals surface area contributed by atoms with E-state index < -0.39 is 6.61 Å². The number of halogens is 3.